The van der Waals surface area contributed by atoms with E-state index in [9.17, 15) is 4.79 Å². The lowest BCUT2D eigenvalue weighted by Crippen LogP contribution is -2.26. The zero-order valence-electron chi connectivity index (χ0n) is 13.0. The fourth-order valence-electron chi connectivity index (χ4n) is 2.37. The molecular weight excluding hydrogens is 290 g/mol. The van der Waals surface area contributed by atoms with Crippen molar-refractivity contribution in [2.75, 3.05) is 12.3 Å². The fourth-order valence-corrected chi connectivity index (χ4v) is 3.39. The van der Waals surface area contributed by atoms with Crippen LogP contribution in [0.25, 0.3) is 0 Å². The molecule has 0 aliphatic rings. The minimum atomic E-state index is 0.130. The van der Waals surface area contributed by atoms with Crippen LogP contribution in [0.3, 0.4) is 0 Å². The molecule has 0 aliphatic carbocycles. The van der Waals surface area contributed by atoms with Crippen LogP contribution >= 0.6 is 11.8 Å². The predicted molar refractivity (Wildman–Crippen MR) is 95.1 cm³/mol. The lowest BCUT2D eigenvalue weighted by Gasteiger charge is -2.16. The average Bonchev–Trinajstić information content (AvgIpc) is 2.56. The quantitative estimate of drug-likeness (QED) is 0.790. The normalized spacial score (nSPS) is 11.9. The van der Waals surface area contributed by atoms with Gasteiger partial charge in [-0.1, -0.05) is 67.6 Å². The lowest BCUT2D eigenvalue weighted by atomic mass is 10.1. The van der Waals surface area contributed by atoms with Crippen LogP contribution in [0.2, 0.25) is 0 Å². The van der Waals surface area contributed by atoms with Crippen LogP contribution in [0, 0.1) is 0 Å². The van der Waals surface area contributed by atoms with Gasteiger partial charge in [0.1, 0.15) is 0 Å². The van der Waals surface area contributed by atoms with E-state index in [1.54, 1.807) is 0 Å². The van der Waals surface area contributed by atoms with Crippen LogP contribution < -0.4 is 5.32 Å². The molecular formula is C19H23NOS. The second-order valence-corrected chi connectivity index (χ2v) is 6.62. The van der Waals surface area contributed by atoms with Gasteiger partial charge in [0.05, 0.1) is 0 Å². The Balaban J connectivity index is 1.81. The Hall–Kier alpha value is -1.74. The van der Waals surface area contributed by atoms with E-state index in [-0.39, 0.29) is 11.2 Å². The van der Waals surface area contributed by atoms with Gasteiger partial charge in [-0.2, -0.15) is 11.8 Å². The van der Waals surface area contributed by atoms with Crippen LogP contribution in [0.15, 0.2) is 60.7 Å². The number of amides is 1. The summed E-state index contributed by atoms with van der Waals surface area (Å²) < 4.78 is 0. The van der Waals surface area contributed by atoms with Crippen molar-refractivity contribution in [3.63, 3.8) is 0 Å². The molecule has 1 atom stereocenters. The molecule has 0 heterocycles. The highest BCUT2D eigenvalue weighted by atomic mass is 32.2. The minimum Gasteiger partial charge on any atom is -0.356 e. The summed E-state index contributed by atoms with van der Waals surface area (Å²) in [5.74, 6) is 1.14. The molecule has 3 heteroatoms. The lowest BCUT2D eigenvalue weighted by molar-refractivity contribution is -0.121. The maximum Gasteiger partial charge on any atom is 0.221 e. The number of hydrogen-bond acceptors (Lipinski definition) is 2. The molecule has 1 amide bonds. The SMILES string of the molecule is CCSC(CC(=O)NCCc1ccccc1)c1ccccc1. The van der Waals surface area contributed by atoms with E-state index in [0.29, 0.717) is 13.0 Å². The maximum absolute atomic E-state index is 12.2. The standard InChI is InChI=1S/C19H23NOS/c1-2-22-18(17-11-7-4-8-12-17)15-19(21)20-14-13-16-9-5-3-6-10-16/h3-12,18H,2,13-15H2,1H3,(H,20,21). The largest absolute Gasteiger partial charge is 0.356 e. The summed E-state index contributed by atoms with van der Waals surface area (Å²) in [5.41, 5.74) is 2.48. The van der Waals surface area contributed by atoms with Gasteiger partial charge in [0.15, 0.2) is 0 Å². The second kappa shape index (κ2) is 9.31. The maximum atomic E-state index is 12.2. The van der Waals surface area contributed by atoms with E-state index in [4.69, 9.17) is 0 Å². The summed E-state index contributed by atoms with van der Waals surface area (Å²) in [4.78, 5) is 12.2. The molecule has 0 spiro atoms. The van der Waals surface area contributed by atoms with Crippen LogP contribution in [0.4, 0.5) is 0 Å². The smallest absolute Gasteiger partial charge is 0.221 e. The molecule has 0 fully saturated rings. The number of hydrogen-bond donors (Lipinski definition) is 1. The van der Waals surface area contributed by atoms with Gasteiger partial charge in [-0.25, -0.2) is 0 Å². The van der Waals surface area contributed by atoms with Gasteiger partial charge in [-0.05, 0) is 23.3 Å². The van der Waals surface area contributed by atoms with Crippen molar-refractivity contribution in [1.82, 2.24) is 5.32 Å². The first kappa shape index (κ1) is 16.6. The molecule has 0 saturated carbocycles. The van der Waals surface area contributed by atoms with Crippen molar-refractivity contribution in [3.8, 4) is 0 Å². The summed E-state index contributed by atoms with van der Waals surface area (Å²) in [6, 6.07) is 20.5. The minimum absolute atomic E-state index is 0.130. The molecule has 116 valence electrons. The van der Waals surface area contributed by atoms with E-state index in [1.165, 1.54) is 11.1 Å². The van der Waals surface area contributed by atoms with Crippen LogP contribution in [-0.2, 0) is 11.2 Å². The molecule has 0 saturated heterocycles. The van der Waals surface area contributed by atoms with Crippen molar-refractivity contribution < 1.29 is 4.79 Å². The fraction of sp³-hybridized carbons (Fsp3) is 0.316. The summed E-state index contributed by atoms with van der Waals surface area (Å²) in [6.45, 7) is 2.83. The Morgan fingerprint density at radius 1 is 1.05 bits per heavy atom. The molecule has 2 rings (SSSR count). The number of nitrogens with one attached hydrogen (secondary N) is 1. The predicted octanol–water partition coefficient (Wildman–Crippen LogP) is 4.23. The molecule has 1 N–H and O–H groups in total. The molecule has 0 radical (unpaired) electrons. The highest BCUT2D eigenvalue weighted by Crippen LogP contribution is 2.31. The van der Waals surface area contributed by atoms with E-state index in [2.05, 4.69) is 36.5 Å². The van der Waals surface area contributed by atoms with Gasteiger partial charge in [0.2, 0.25) is 5.91 Å². The number of rotatable bonds is 8. The molecule has 0 bridgehead atoms. The van der Waals surface area contributed by atoms with Gasteiger partial charge < -0.3 is 5.32 Å². The van der Waals surface area contributed by atoms with E-state index >= 15 is 0 Å². The van der Waals surface area contributed by atoms with E-state index < -0.39 is 0 Å². The monoisotopic (exact) mass is 313 g/mol. The van der Waals surface area contributed by atoms with E-state index in [1.807, 2.05) is 48.2 Å². The van der Waals surface area contributed by atoms with Crippen molar-refractivity contribution in [2.24, 2.45) is 0 Å². The topological polar surface area (TPSA) is 29.1 Å². The van der Waals surface area contributed by atoms with Crippen molar-refractivity contribution in [2.45, 2.75) is 25.0 Å². The zero-order valence-corrected chi connectivity index (χ0v) is 13.8. The highest BCUT2D eigenvalue weighted by Gasteiger charge is 2.15. The third-order valence-corrected chi connectivity index (χ3v) is 4.66. The Morgan fingerprint density at radius 3 is 2.32 bits per heavy atom. The number of carbonyl (C=O) groups is 1. The molecule has 22 heavy (non-hydrogen) atoms. The van der Waals surface area contributed by atoms with Gasteiger partial charge in [0, 0.05) is 18.2 Å². The molecule has 0 aliphatic heterocycles. The van der Waals surface area contributed by atoms with Crippen LogP contribution in [-0.4, -0.2) is 18.2 Å². The molecule has 2 nitrogen and oxygen atoms in total. The van der Waals surface area contributed by atoms with Gasteiger partial charge in [-0.15, -0.1) is 0 Å². The van der Waals surface area contributed by atoms with Gasteiger partial charge in [0.25, 0.3) is 0 Å². The summed E-state index contributed by atoms with van der Waals surface area (Å²) in [7, 11) is 0. The molecule has 0 aromatic heterocycles. The average molecular weight is 313 g/mol. The first-order valence-corrected chi connectivity index (χ1v) is 8.81. The van der Waals surface area contributed by atoms with E-state index in [0.717, 1.165) is 12.2 Å². The Kier molecular flexibility index (Phi) is 7.04. The first-order valence-electron chi connectivity index (χ1n) is 7.76. The molecule has 2 aromatic rings. The van der Waals surface area contributed by atoms with Crippen LogP contribution in [0.1, 0.15) is 29.7 Å². The first-order chi connectivity index (χ1) is 10.8. The third kappa shape index (κ3) is 5.57. The number of thioether (sulfide) groups is 1. The van der Waals surface area contributed by atoms with Gasteiger partial charge in [-0.3, -0.25) is 4.79 Å². The molecule has 1 unspecified atom stereocenters. The Labute approximate surface area is 137 Å². The van der Waals surface area contributed by atoms with Gasteiger partial charge >= 0.3 is 0 Å². The number of carbonyl (C=O) groups excluding carboxylic acids is 1. The highest BCUT2D eigenvalue weighted by molar-refractivity contribution is 7.99. The summed E-state index contributed by atoms with van der Waals surface area (Å²) in [5, 5.41) is 3.28. The third-order valence-electron chi connectivity index (χ3n) is 3.49. The summed E-state index contributed by atoms with van der Waals surface area (Å²) in [6.07, 6.45) is 1.42. The zero-order chi connectivity index (χ0) is 15.6. The second-order valence-electron chi connectivity index (χ2n) is 5.14. The Bertz CT molecular complexity index is 556. The van der Waals surface area contributed by atoms with Crippen molar-refractivity contribution in [3.05, 3.63) is 71.8 Å². The van der Waals surface area contributed by atoms with Crippen molar-refractivity contribution in [1.29, 1.82) is 0 Å². The number of benzene rings is 2. The van der Waals surface area contributed by atoms with Crippen LogP contribution in [0.5, 0.6) is 0 Å². The summed E-state index contributed by atoms with van der Waals surface area (Å²) >= 11 is 1.83. The van der Waals surface area contributed by atoms with Crippen molar-refractivity contribution >= 4 is 17.7 Å². The Morgan fingerprint density at radius 2 is 1.68 bits per heavy atom. The molecule has 2 aromatic carbocycles.